The zero-order chi connectivity index (χ0) is 13.7. The van der Waals surface area contributed by atoms with E-state index in [1.807, 2.05) is 0 Å². The minimum absolute atomic E-state index is 0.0323. The van der Waals surface area contributed by atoms with Gasteiger partial charge in [-0.1, -0.05) is 12.8 Å². The van der Waals surface area contributed by atoms with Crippen molar-refractivity contribution < 1.29 is 19.1 Å². The van der Waals surface area contributed by atoms with Crippen LogP contribution in [-0.4, -0.2) is 50.3 Å². The summed E-state index contributed by atoms with van der Waals surface area (Å²) in [6, 6.07) is 0.0323. The van der Waals surface area contributed by atoms with Gasteiger partial charge in [-0.05, 0) is 12.8 Å². The first kappa shape index (κ1) is 14.3. The van der Waals surface area contributed by atoms with Crippen LogP contribution in [-0.2, 0) is 19.1 Å². The quantitative estimate of drug-likeness (QED) is 0.701. The van der Waals surface area contributed by atoms with Crippen molar-refractivity contribution in [2.24, 2.45) is 0 Å². The lowest BCUT2D eigenvalue weighted by Gasteiger charge is -2.29. The Hall–Kier alpha value is -1.14. The number of hydrogen-bond acceptors (Lipinski definition) is 5. The maximum Gasteiger partial charge on any atom is 0.331 e. The van der Waals surface area contributed by atoms with E-state index in [1.165, 1.54) is 7.11 Å². The fourth-order valence-corrected chi connectivity index (χ4v) is 2.85. The molecule has 1 atom stereocenters. The minimum atomic E-state index is -0.804. The number of hydrogen-bond donors (Lipinski definition) is 2. The Balaban J connectivity index is 1.89. The molecule has 2 rings (SSSR count). The van der Waals surface area contributed by atoms with Crippen LogP contribution in [0, 0.1) is 0 Å². The molecule has 19 heavy (non-hydrogen) atoms. The van der Waals surface area contributed by atoms with Gasteiger partial charge in [0.1, 0.15) is 5.54 Å². The normalized spacial score (nSPS) is 25.8. The lowest BCUT2D eigenvalue weighted by molar-refractivity contribution is -0.150. The molecule has 0 aromatic heterocycles. The zero-order valence-electron chi connectivity index (χ0n) is 11.4. The summed E-state index contributed by atoms with van der Waals surface area (Å²) in [5, 5.41) is 6.11. The van der Waals surface area contributed by atoms with Gasteiger partial charge in [-0.15, -0.1) is 0 Å². The second-order valence-corrected chi connectivity index (χ2v) is 5.26. The summed E-state index contributed by atoms with van der Waals surface area (Å²) in [6.45, 7) is 1.99. The summed E-state index contributed by atoms with van der Waals surface area (Å²) in [5.41, 5.74) is -0.804. The number of morpholine rings is 1. The van der Waals surface area contributed by atoms with E-state index in [9.17, 15) is 9.59 Å². The van der Waals surface area contributed by atoms with Gasteiger partial charge >= 0.3 is 5.97 Å². The molecule has 1 unspecified atom stereocenters. The van der Waals surface area contributed by atoms with Gasteiger partial charge in [0.25, 0.3) is 0 Å². The molecule has 2 aliphatic rings. The Bertz CT molecular complexity index is 334. The van der Waals surface area contributed by atoms with Crippen LogP contribution in [0.2, 0.25) is 0 Å². The largest absolute Gasteiger partial charge is 0.467 e. The predicted molar refractivity (Wildman–Crippen MR) is 68.6 cm³/mol. The molecule has 0 spiro atoms. The second kappa shape index (κ2) is 6.34. The van der Waals surface area contributed by atoms with E-state index in [1.54, 1.807) is 0 Å². The van der Waals surface area contributed by atoms with Gasteiger partial charge in [0.15, 0.2) is 0 Å². The molecule has 1 saturated carbocycles. The first-order chi connectivity index (χ1) is 9.16. The van der Waals surface area contributed by atoms with E-state index in [-0.39, 0.29) is 17.9 Å². The van der Waals surface area contributed by atoms with Gasteiger partial charge in [0.2, 0.25) is 5.91 Å². The molecule has 6 nitrogen and oxygen atoms in total. The Morgan fingerprint density at radius 2 is 2.16 bits per heavy atom. The van der Waals surface area contributed by atoms with Gasteiger partial charge in [0, 0.05) is 19.0 Å². The monoisotopic (exact) mass is 270 g/mol. The van der Waals surface area contributed by atoms with Crippen molar-refractivity contribution in [2.75, 3.05) is 26.9 Å². The lowest BCUT2D eigenvalue weighted by Crippen LogP contribution is -2.54. The number of ether oxygens (including phenoxy) is 2. The van der Waals surface area contributed by atoms with Crippen molar-refractivity contribution in [3.63, 3.8) is 0 Å². The summed E-state index contributed by atoms with van der Waals surface area (Å²) in [7, 11) is 1.37. The van der Waals surface area contributed by atoms with Crippen LogP contribution in [0.25, 0.3) is 0 Å². The van der Waals surface area contributed by atoms with Crippen molar-refractivity contribution >= 4 is 11.9 Å². The Labute approximate surface area is 113 Å². The molecule has 1 saturated heterocycles. The van der Waals surface area contributed by atoms with Gasteiger partial charge in [-0.3, -0.25) is 4.79 Å². The van der Waals surface area contributed by atoms with Crippen LogP contribution in [0.3, 0.4) is 0 Å². The SMILES string of the molecule is COC(=O)C1(NC(=O)CC2COCCN2)CCCC1. The molecule has 108 valence electrons. The fourth-order valence-electron chi connectivity index (χ4n) is 2.85. The second-order valence-electron chi connectivity index (χ2n) is 5.26. The average molecular weight is 270 g/mol. The Morgan fingerprint density at radius 1 is 1.42 bits per heavy atom. The van der Waals surface area contributed by atoms with E-state index in [4.69, 9.17) is 9.47 Å². The van der Waals surface area contributed by atoms with E-state index >= 15 is 0 Å². The summed E-state index contributed by atoms with van der Waals surface area (Å²) >= 11 is 0. The molecule has 2 N–H and O–H groups in total. The summed E-state index contributed by atoms with van der Waals surface area (Å²) in [6.07, 6.45) is 3.55. The summed E-state index contributed by atoms with van der Waals surface area (Å²) < 4.78 is 10.1. The van der Waals surface area contributed by atoms with Crippen molar-refractivity contribution in [1.82, 2.24) is 10.6 Å². The maximum atomic E-state index is 12.1. The number of carbonyl (C=O) groups excluding carboxylic acids is 2. The first-order valence-electron chi connectivity index (χ1n) is 6.87. The third-order valence-electron chi connectivity index (χ3n) is 3.84. The molecule has 0 bridgehead atoms. The van der Waals surface area contributed by atoms with Crippen LogP contribution in [0.5, 0.6) is 0 Å². The highest BCUT2D eigenvalue weighted by molar-refractivity contribution is 5.88. The Morgan fingerprint density at radius 3 is 2.74 bits per heavy atom. The van der Waals surface area contributed by atoms with Gasteiger partial charge in [-0.2, -0.15) is 0 Å². The third kappa shape index (κ3) is 3.45. The minimum Gasteiger partial charge on any atom is -0.467 e. The highest BCUT2D eigenvalue weighted by Gasteiger charge is 2.43. The van der Waals surface area contributed by atoms with E-state index < -0.39 is 5.54 Å². The third-order valence-corrected chi connectivity index (χ3v) is 3.84. The number of amides is 1. The van der Waals surface area contributed by atoms with Crippen molar-refractivity contribution in [1.29, 1.82) is 0 Å². The van der Waals surface area contributed by atoms with Crippen LogP contribution in [0.15, 0.2) is 0 Å². The predicted octanol–water partition coefficient (Wildman–Crippen LogP) is -0.0331. The molecule has 0 aromatic carbocycles. The molecule has 0 radical (unpaired) electrons. The van der Waals surface area contributed by atoms with E-state index in [0.717, 1.165) is 19.4 Å². The highest BCUT2D eigenvalue weighted by Crippen LogP contribution is 2.30. The zero-order valence-corrected chi connectivity index (χ0v) is 11.4. The van der Waals surface area contributed by atoms with Gasteiger partial charge in [-0.25, -0.2) is 4.79 Å². The van der Waals surface area contributed by atoms with Crippen LogP contribution in [0.4, 0.5) is 0 Å². The molecule has 2 fully saturated rings. The van der Waals surface area contributed by atoms with Crippen molar-refractivity contribution in [2.45, 2.75) is 43.7 Å². The molecular weight excluding hydrogens is 248 g/mol. The maximum absolute atomic E-state index is 12.1. The summed E-state index contributed by atoms with van der Waals surface area (Å²) in [4.78, 5) is 24.0. The standard InChI is InChI=1S/C13H22N2O4/c1-18-12(17)13(4-2-3-5-13)15-11(16)8-10-9-19-7-6-14-10/h10,14H,2-9H2,1H3,(H,15,16). The number of nitrogens with one attached hydrogen (secondary N) is 2. The van der Waals surface area contributed by atoms with Crippen molar-refractivity contribution in [3.8, 4) is 0 Å². The number of methoxy groups -OCH3 is 1. The first-order valence-corrected chi connectivity index (χ1v) is 6.87. The molecule has 0 aromatic rings. The molecule has 6 heteroatoms. The van der Waals surface area contributed by atoms with Gasteiger partial charge in [0.05, 0.1) is 20.3 Å². The van der Waals surface area contributed by atoms with Gasteiger partial charge < -0.3 is 20.1 Å². The van der Waals surface area contributed by atoms with E-state index in [0.29, 0.717) is 32.5 Å². The van der Waals surface area contributed by atoms with Crippen LogP contribution >= 0.6 is 0 Å². The number of carbonyl (C=O) groups is 2. The number of rotatable bonds is 4. The topological polar surface area (TPSA) is 76.7 Å². The van der Waals surface area contributed by atoms with Crippen molar-refractivity contribution in [3.05, 3.63) is 0 Å². The molecule has 1 heterocycles. The molecule has 1 aliphatic carbocycles. The highest BCUT2D eigenvalue weighted by atomic mass is 16.5. The van der Waals surface area contributed by atoms with Crippen LogP contribution in [0.1, 0.15) is 32.1 Å². The lowest BCUT2D eigenvalue weighted by atomic mass is 9.97. The smallest absolute Gasteiger partial charge is 0.331 e. The fraction of sp³-hybridized carbons (Fsp3) is 0.846. The van der Waals surface area contributed by atoms with E-state index in [2.05, 4.69) is 10.6 Å². The molecule has 1 amide bonds. The molecule has 1 aliphatic heterocycles. The molecular formula is C13H22N2O4. The summed E-state index contributed by atoms with van der Waals surface area (Å²) in [5.74, 6) is -0.443. The van der Waals surface area contributed by atoms with Crippen LogP contribution < -0.4 is 10.6 Å². The number of esters is 1. The Kier molecular flexibility index (Phi) is 4.76. The average Bonchev–Trinajstić information content (AvgIpc) is 2.88.